The molecule has 4 nitrogen and oxygen atoms in total. The molecule has 0 unspecified atom stereocenters. The minimum absolute atomic E-state index is 0.0202. The average Bonchev–Trinajstić information content (AvgIpc) is 2.41. The summed E-state index contributed by atoms with van der Waals surface area (Å²) in [5, 5.41) is 17.7. The zero-order valence-electron chi connectivity index (χ0n) is 11.3. The Bertz CT molecular complexity index is 486. The first-order chi connectivity index (χ1) is 9.10. The van der Waals surface area contributed by atoms with Crippen molar-refractivity contribution in [3.05, 3.63) is 35.4 Å². The number of carbonyl (C=O) groups is 1. The quantitative estimate of drug-likeness (QED) is 0.791. The molecule has 0 aliphatic heterocycles. The minimum Gasteiger partial charge on any atom is -0.395 e. The second-order valence-electron chi connectivity index (χ2n) is 4.36. The van der Waals surface area contributed by atoms with E-state index < -0.39 is 0 Å². The summed E-state index contributed by atoms with van der Waals surface area (Å²) in [6.07, 6.45) is 0. The zero-order chi connectivity index (χ0) is 14.3. The van der Waals surface area contributed by atoms with Gasteiger partial charge in [-0.25, -0.2) is 0 Å². The zero-order valence-corrected chi connectivity index (χ0v) is 11.3. The van der Waals surface area contributed by atoms with Crippen molar-refractivity contribution in [2.45, 2.75) is 19.9 Å². The van der Waals surface area contributed by atoms with E-state index in [0.717, 1.165) is 0 Å². The molecule has 0 atom stereocenters. The predicted octanol–water partition coefficient (Wildman–Crippen LogP) is 0.873. The van der Waals surface area contributed by atoms with Gasteiger partial charge in [0.2, 0.25) is 0 Å². The van der Waals surface area contributed by atoms with E-state index in [1.807, 2.05) is 13.8 Å². The van der Waals surface area contributed by atoms with Gasteiger partial charge in [0.1, 0.15) is 6.61 Å². The van der Waals surface area contributed by atoms with Crippen LogP contribution < -0.4 is 0 Å². The van der Waals surface area contributed by atoms with E-state index in [4.69, 9.17) is 10.2 Å². The van der Waals surface area contributed by atoms with Gasteiger partial charge in [-0.15, -0.1) is 0 Å². The smallest absolute Gasteiger partial charge is 0.254 e. The van der Waals surface area contributed by atoms with Crippen molar-refractivity contribution in [2.24, 2.45) is 0 Å². The Morgan fingerprint density at radius 1 is 1.37 bits per heavy atom. The van der Waals surface area contributed by atoms with E-state index in [1.54, 1.807) is 29.2 Å². The molecule has 2 N–H and O–H groups in total. The third-order valence-corrected chi connectivity index (χ3v) is 2.65. The molecule has 1 rings (SSSR count). The summed E-state index contributed by atoms with van der Waals surface area (Å²) in [4.78, 5) is 13.9. The first-order valence-electron chi connectivity index (χ1n) is 6.21. The van der Waals surface area contributed by atoms with Gasteiger partial charge >= 0.3 is 0 Å². The summed E-state index contributed by atoms with van der Waals surface area (Å²) in [6, 6.07) is 6.97. The molecule has 0 spiro atoms. The first-order valence-corrected chi connectivity index (χ1v) is 6.21. The lowest BCUT2D eigenvalue weighted by Crippen LogP contribution is -2.39. The number of hydrogen-bond donors (Lipinski definition) is 2. The fourth-order valence-electron chi connectivity index (χ4n) is 1.74. The fourth-order valence-corrected chi connectivity index (χ4v) is 1.74. The standard InChI is InChI=1S/C15H19NO3/c1-12(2)16(8-10-18)15(19)14-7-3-5-13(11-14)6-4-9-17/h3,5,7,11-12,17-18H,8-10H2,1-2H3. The number of aliphatic hydroxyl groups excluding tert-OH is 2. The highest BCUT2D eigenvalue weighted by molar-refractivity contribution is 5.94. The van der Waals surface area contributed by atoms with Crippen molar-refractivity contribution in [1.82, 2.24) is 4.90 Å². The van der Waals surface area contributed by atoms with Crippen molar-refractivity contribution in [3.8, 4) is 11.8 Å². The molecule has 0 heterocycles. The van der Waals surface area contributed by atoms with Gasteiger partial charge in [0.15, 0.2) is 0 Å². The minimum atomic E-state index is -0.208. The van der Waals surface area contributed by atoms with Crippen LogP contribution in [-0.4, -0.2) is 46.8 Å². The van der Waals surface area contributed by atoms with Gasteiger partial charge in [-0.05, 0) is 32.0 Å². The van der Waals surface area contributed by atoms with Gasteiger partial charge in [0.25, 0.3) is 5.91 Å². The van der Waals surface area contributed by atoms with Crippen molar-refractivity contribution in [1.29, 1.82) is 0 Å². The number of nitrogens with zero attached hydrogens (tertiary/aromatic N) is 1. The van der Waals surface area contributed by atoms with Gasteiger partial charge in [0, 0.05) is 23.7 Å². The highest BCUT2D eigenvalue weighted by Crippen LogP contribution is 2.10. The van der Waals surface area contributed by atoms with Crippen molar-refractivity contribution < 1.29 is 15.0 Å². The molecular formula is C15H19NO3. The Kier molecular flexibility index (Phi) is 6.07. The normalized spacial score (nSPS) is 9.95. The second-order valence-corrected chi connectivity index (χ2v) is 4.36. The highest BCUT2D eigenvalue weighted by Gasteiger charge is 2.18. The van der Waals surface area contributed by atoms with Crippen LogP contribution in [0.15, 0.2) is 24.3 Å². The number of benzene rings is 1. The van der Waals surface area contributed by atoms with Gasteiger partial charge in [-0.3, -0.25) is 4.79 Å². The van der Waals surface area contributed by atoms with Crippen LogP contribution >= 0.6 is 0 Å². The monoisotopic (exact) mass is 261 g/mol. The Hall–Kier alpha value is -1.83. The Labute approximate surface area is 113 Å². The highest BCUT2D eigenvalue weighted by atomic mass is 16.3. The summed E-state index contributed by atoms with van der Waals surface area (Å²) in [6.45, 7) is 3.85. The van der Waals surface area contributed by atoms with Gasteiger partial charge in [-0.1, -0.05) is 17.9 Å². The molecule has 0 radical (unpaired) electrons. The molecule has 0 saturated heterocycles. The largest absolute Gasteiger partial charge is 0.395 e. The SMILES string of the molecule is CC(C)N(CCO)C(=O)c1cccc(C#CCO)c1. The number of hydrogen-bond acceptors (Lipinski definition) is 3. The lowest BCUT2D eigenvalue weighted by Gasteiger charge is -2.26. The number of amides is 1. The maximum Gasteiger partial charge on any atom is 0.254 e. The van der Waals surface area contributed by atoms with E-state index in [9.17, 15) is 4.79 Å². The third-order valence-electron chi connectivity index (χ3n) is 2.65. The summed E-state index contributed by atoms with van der Waals surface area (Å²) < 4.78 is 0. The van der Waals surface area contributed by atoms with Gasteiger partial charge < -0.3 is 15.1 Å². The molecule has 102 valence electrons. The van der Waals surface area contributed by atoms with Crippen LogP contribution in [0.2, 0.25) is 0 Å². The molecular weight excluding hydrogens is 242 g/mol. The molecule has 1 aromatic carbocycles. The summed E-state index contributed by atoms with van der Waals surface area (Å²) in [5.74, 6) is 5.19. The summed E-state index contributed by atoms with van der Waals surface area (Å²) >= 11 is 0. The Morgan fingerprint density at radius 2 is 2.11 bits per heavy atom. The van der Waals surface area contributed by atoms with E-state index in [2.05, 4.69) is 11.8 Å². The van der Waals surface area contributed by atoms with Crippen LogP contribution in [0, 0.1) is 11.8 Å². The third kappa shape index (κ3) is 4.40. The summed E-state index contributed by atoms with van der Waals surface area (Å²) in [5.41, 5.74) is 1.22. The van der Waals surface area contributed by atoms with Crippen LogP contribution in [0.25, 0.3) is 0 Å². The Morgan fingerprint density at radius 3 is 2.68 bits per heavy atom. The number of carbonyl (C=O) groups excluding carboxylic acids is 1. The van der Waals surface area contributed by atoms with E-state index in [0.29, 0.717) is 17.7 Å². The van der Waals surface area contributed by atoms with E-state index in [-0.39, 0.29) is 25.2 Å². The fraction of sp³-hybridized carbons (Fsp3) is 0.400. The average molecular weight is 261 g/mol. The van der Waals surface area contributed by atoms with Crippen LogP contribution in [0.5, 0.6) is 0 Å². The maximum absolute atomic E-state index is 12.3. The Balaban J connectivity index is 2.98. The predicted molar refractivity (Wildman–Crippen MR) is 73.7 cm³/mol. The van der Waals surface area contributed by atoms with Crippen molar-refractivity contribution in [3.63, 3.8) is 0 Å². The lowest BCUT2D eigenvalue weighted by atomic mass is 10.1. The molecule has 4 heteroatoms. The first kappa shape index (κ1) is 15.2. The molecule has 0 saturated carbocycles. The maximum atomic E-state index is 12.3. The van der Waals surface area contributed by atoms with Crippen LogP contribution in [0.3, 0.4) is 0 Å². The van der Waals surface area contributed by atoms with E-state index in [1.165, 1.54) is 0 Å². The van der Waals surface area contributed by atoms with E-state index >= 15 is 0 Å². The molecule has 0 aliphatic carbocycles. The van der Waals surface area contributed by atoms with Gasteiger partial charge in [0.05, 0.1) is 6.61 Å². The molecule has 19 heavy (non-hydrogen) atoms. The lowest BCUT2D eigenvalue weighted by molar-refractivity contribution is 0.0665. The van der Waals surface area contributed by atoms with Crippen molar-refractivity contribution in [2.75, 3.05) is 19.8 Å². The van der Waals surface area contributed by atoms with Crippen LogP contribution in [0.4, 0.5) is 0 Å². The molecule has 0 bridgehead atoms. The topological polar surface area (TPSA) is 60.8 Å². The van der Waals surface area contributed by atoms with Gasteiger partial charge in [-0.2, -0.15) is 0 Å². The molecule has 1 aromatic rings. The van der Waals surface area contributed by atoms with Crippen LogP contribution in [-0.2, 0) is 0 Å². The second kappa shape index (κ2) is 7.57. The molecule has 0 fully saturated rings. The number of rotatable bonds is 4. The molecule has 0 aliphatic rings. The summed E-state index contributed by atoms with van der Waals surface area (Å²) in [7, 11) is 0. The van der Waals surface area contributed by atoms with Crippen molar-refractivity contribution >= 4 is 5.91 Å². The molecule has 0 aromatic heterocycles. The number of aliphatic hydroxyl groups is 2. The van der Waals surface area contributed by atoms with Crippen LogP contribution in [0.1, 0.15) is 29.8 Å². The molecule has 1 amide bonds.